The molecule has 0 amide bonds. The topological polar surface area (TPSA) is 85.4 Å². The van der Waals surface area contributed by atoms with E-state index in [0.717, 1.165) is 0 Å². The number of aromatic amines is 1. The minimum atomic E-state index is -3.52. The summed E-state index contributed by atoms with van der Waals surface area (Å²) >= 11 is 0. The number of nitrogens with zero attached hydrogens (tertiary/aromatic N) is 1. The highest BCUT2D eigenvalue weighted by atomic mass is 32.2. The van der Waals surface area contributed by atoms with Crippen molar-refractivity contribution >= 4 is 10.0 Å². The fraction of sp³-hybridized carbons (Fsp3) is 0.692. The summed E-state index contributed by atoms with van der Waals surface area (Å²) in [6.45, 7) is 9.18. The van der Waals surface area contributed by atoms with Crippen LogP contribution in [0.3, 0.4) is 0 Å². The van der Waals surface area contributed by atoms with Gasteiger partial charge in [-0.25, -0.2) is 13.1 Å². The van der Waals surface area contributed by atoms with Gasteiger partial charge in [0, 0.05) is 37.1 Å². The number of sulfonamides is 1. The van der Waals surface area contributed by atoms with E-state index >= 15 is 0 Å². The van der Waals surface area contributed by atoms with Gasteiger partial charge in [0.1, 0.15) is 0 Å². The summed E-state index contributed by atoms with van der Waals surface area (Å²) in [7, 11) is -3.52. The van der Waals surface area contributed by atoms with Gasteiger partial charge in [0.05, 0.1) is 11.5 Å². The predicted octanol–water partition coefficient (Wildman–Crippen LogP) is 0.904. The van der Waals surface area contributed by atoms with Gasteiger partial charge in [-0.1, -0.05) is 0 Å². The van der Waals surface area contributed by atoms with Crippen LogP contribution in [0.1, 0.15) is 33.4 Å². The third-order valence-corrected chi connectivity index (χ3v) is 4.63. The molecule has 20 heavy (non-hydrogen) atoms. The normalized spacial score (nSPS) is 12.8. The number of rotatable bonds is 8. The zero-order valence-corrected chi connectivity index (χ0v) is 13.4. The lowest BCUT2D eigenvalue weighted by Crippen LogP contribution is -2.42. The predicted molar refractivity (Wildman–Crippen MR) is 78.9 cm³/mol. The molecule has 0 aliphatic carbocycles. The summed E-state index contributed by atoms with van der Waals surface area (Å²) in [6.07, 6.45) is 1.39. The number of nitrogens with one attached hydrogen (secondary N) is 2. The van der Waals surface area contributed by atoms with Crippen molar-refractivity contribution in [3.63, 3.8) is 0 Å². The Hall–Kier alpha value is -0.890. The summed E-state index contributed by atoms with van der Waals surface area (Å²) in [4.78, 5) is 5.09. The molecule has 0 fully saturated rings. The van der Waals surface area contributed by atoms with Crippen LogP contribution in [0.15, 0.2) is 17.2 Å². The Bertz CT molecular complexity index is 501. The van der Waals surface area contributed by atoms with Crippen molar-refractivity contribution in [1.82, 2.24) is 14.6 Å². The smallest absolute Gasteiger partial charge is 0.242 e. The minimum absolute atomic E-state index is 0.155. The molecule has 1 aromatic rings. The molecule has 0 radical (unpaired) electrons. The summed E-state index contributed by atoms with van der Waals surface area (Å²) in [6, 6.07) is 2.17. The van der Waals surface area contributed by atoms with Crippen molar-refractivity contribution in [2.45, 2.75) is 51.3 Å². The molecule has 0 bridgehead atoms. The van der Waals surface area contributed by atoms with Crippen molar-refractivity contribution in [2.24, 2.45) is 0 Å². The highest BCUT2D eigenvalue weighted by Gasteiger charge is 2.17. The lowest BCUT2D eigenvalue weighted by atomic mass is 10.2. The molecule has 1 heterocycles. The molecule has 1 rings (SSSR count). The van der Waals surface area contributed by atoms with Gasteiger partial charge in [-0.2, -0.15) is 0 Å². The summed E-state index contributed by atoms with van der Waals surface area (Å²) < 4.78 is 26.7. The maximum Gasteiger partial charge on any atom is 0.242 e. The van der Waals surface area contributed by atoms with Crippen molar-refractivity contribution in [1.29, 1.82) is 0 Å². The summed E-state index contributed by atoms with van der Waals surface area (Å²) in [5.74, 6) is 0. The molecule has 0 atom stereocenters. The molecular weight excluding hydrogens is 278 g/mol. The molecule has 0 unspecified atom stereocenters. The lowest BCUT2D eigenvalue weighted by Gasteiger charge is -2.30. The first-order valence-electron chi connectivity index (χ1n) is 6.81. The number of aliphatic hydroxyl groups excluding tert-OH is 1. The number of hydrogen-bond acceptors (Lipinski definition) is 4. The van der Waals surface area contributed by atoms with E-state index in [4.69, 9.17) is 5.11 Å². The second kappa shape index (κ2) is 7.21. The fourth-order valence-corrected chi connectivity index (χ4v) is 3.21. The largest absolute Gasteiger partial charge is 0.390 e. The first-order valence-corrected chi connectivity index (χ1v) is 8.29. The highest BCUT2D eigenvalue weighted by Crippen LogP contribution is 2.10. The van der Waals surface area contributed by atoms with E-state index in [1.54, 1.807) is 0 Å². The molecule has 0 spiro atoms. The number of aromatic nitrogens is 1. The van der Waals surface area contributed by atoms with Crippen LogP contribution in [-0.2, 0) is 16.6 Å². The van der Waals surface area contributed by atoms with Gasteiger partial charge in [0.2, 0.25) is 10.0 Å². The van der Waals surface area contributed by atoms with Crippen LogP contribution in [0.2, 0.25) is 0 Å². The van der Waals surface area contributed by atoms with E-state index in [1.165, 1.54) is 12.3 Å². The maximum absolute atomic E-state index is 12.1. The number of H-pyrrole nitrogens is 1. The van der Waals surface area contributed by atoms with Crippen LogP contribution in [0.5, 0.6) is 0 Å². The molecule has 1 aromatic heterocycles. The van der Waals surface area contributed by atoms with Gasteiger partial charge in [-0.15, -0.1) is 0 Å². The Morgan fingerprint density at radius 3 is 2.35 bits per heavy atom. The van der Waals surface area contributed by atoms with E-state index in [1.807, 2.05) is 0 Å². The fourth-order valence-electron chi connectivity index (χ4n) is 2.17. The molecule has 0 saturated heterocycles. The van der Waals surface area contributed by atoms with Crippen LogP contribution in [-0.4, -0.2) is 48.6 Å². The molecule has 3 N–H and O–H groups in total. The molecule has 6 nitrogen and oxygen atoms in total. The molecule has 0 saturated carbocycles. The third-order valence-electron chi connectivity index (χ3n) is 3.19. The summed E-state index contributed by atoms with van der Waals surface area (Å²) in [5, 5.41) is 8.93. The SMILES string of the molecule is CC(C)N(CCNS(=O)(=O)c1c[nH]c(CO)c1)C(C)C. The zero-order chi connectivity index (χ0) is 15.3. The monoisotopic (exact) mass is 303 g/mol. The maximum atomic E-state index is 12.1. The molecule has 7 heteroatoms. The van der Waals surface area contributed by atoms with E-state index in [9.17, 15) is 8.42 Å². The van der Waals surface area contributed by atoms with Crippen LogP contribution >= 0.6 is 0 Å². The minimum Gasteiger partial charge on any atom is -0.390 e. The Labute approximate surface area is 121 Å². The molecule has 0 aliphatic rings. The Kier molecular flexibility index (Phi) is 6.19. The Morgan fingerprint density at radius 1 is 1.30 bits per heavy atom. The van der Waals surface area contributed by atoms with Crippen molar-refractivity contribution in [3.8, 4) is 0 Å². The first kappa shape index (κ1) is 17.2. The van der Waals surface area contributed by atoms with Gasteiger partial charge < -0.3 is 10.1 Å². The molecule has 116 valence electrons. The molecule has 0 aromatic carbocycles. The number of hydrogen-bond donors (Lipinski definition) is 3. The summed E-state index contributed by atoms with van der Waals surface area (Å²) in [5.41, 5.74) is 0.483. The average molecular weight is 303 g/mol. The van der Waals surface area contributed by atoms with E-state index < -0.39 is 10.0 Å². The van der Waals surface area contributed by atoms with Crippen LogP contribution in [0.4, 0.5) is 0 Å². The first-order chi connectivity index (χ1) is 9.27. The van der Waals surface area contributed by atoms with E-state index in [-0.39, 0.29) is 11.5 Å². The van der Waals surface area contributed by atoms with Crippen LogP contribution in [0, 0.1) is 0 Å². The van der Waals surface area contributed by atoms with Crippen molar-refractivity contribution < 1.29 is 13.5 Å². The van der Waals surface area contributed by atoms with E-state index in [0.29, 0.717) is 30.9 Å². The van der Waals surface area contributed by atoms with Gasteiger partial charge in [-0.05, 0) is 33.8 Å². The lowest BCUT2D eigenvalue weighted by molar-refractivity contribution is 0.179. The molecule has 0 aliphatic heterocycles. The number of aliphatic hydroxyl groups is 1. The standard InChI is InChI=1S/C13H25N3O3S/c1-10(2)16(11(3)4)6-5-15-20(18,19)13-7-12(9-17)14-8-13/h7-8,10-11,14-15,17H,5-6,9H2,1-4H3. The van der Waals surface area contributed by atoms with Gasteiger partial charge in [0.25, 0.3) is 0 Å². The van der Waals surface area contributed by atoms with Crippen LogP contribution < -0.4 is 4.72 Å². The third kappa shape index (κ3) is 4.59. The Balaban J connectivity index is 2.60. The second-order valence-electron chi connectivity index (χ2n) is 5.34. The van der Waals surface area contributed by atoms with Crippen LogP contribution in [0.25, 0.3) is 0 Å². The van der Waals surface area contributed by atoms with Crippen molar-refractivity contribution in [2.75, 3.05) is 13.1 Å². The van der Waals surface area contributed by atoms with Gasteiger partial charge in [-0.3, -0.25) is 4.90 Å². The quantitative estimate of drug-likeness (QED) is 0.666. The zero-order valence-electron chi connectivity index (χ0n) is 12.5. The highest BCUT2D eigenvalue weighted by molar-refractivity contribution is 7.89. The van der Waals surface area contributed by atoms with Gasteiger partial charge >= 0.3 is 0 Å². The van der Waals surface area contributed by atoms with Crippen molar-refractivity contribution in [3.05, 3.63) is 18.0 Å². The van der Waals surface area contributed by atoms with E-state index in [2.05, 4.69) is 42.3 Å². The Morgan fingerprint density at radius 2 is 1.90 bits per heavy atom. The average Bonchev–Trinajstić information content (AvgIpc) is 2.83. The molecular formula is C13H25N3O3S. The second-order valence-corrected chi connectivity index (χ2v) is 7.11. The van der Waals surface area contributed by atoms with Gasteiger partial charge in [0.15, 0.2) is 0 Å².